The van der Waals surface area contributed by atoms with Crippen molar-refractivity contribution >= 4 is 12.1 Å². The summed E-state index contributed by atoms with van der Waals surface area (Å²) in [5, 5.41) is 2.92. The molecule has 0 aromatic heterocycles. The van der Waals surface area contributed by atoms with Crippen LogP contribution < -0.4 is 5.32 Å². The van der Waals surface area contributed by atoms with Crippen LogP contribution in [0.25, 0.3) is 0 Å². The van der Waals surface area contributed by atoms with Crippen LogP contribution in [0.1, 0.15) is 195 Å². The number of amides is 1. The van der Waals surface area contributed by atoms with Gasteiger partial charge in [0.2, 0.25) is 0 Å². The van der Waals surface area contributed by atoms with Crippen LogP contribution in [0.5, 0.6) is 0 Å². The first kappa shape index (κ1) is 45.2. The van der Waals surface area contributed by atoms with E-state index in [9.17, 15) is 9.59 Å². The fourth-order valence-corrected chi connectivity index (χ4v) is 6.97. The van der Waals surface area contributed by atoms with Crippen molar-refractivity contribution in [3.8, 4) is 0 Å². The van der Waals surface area contributed by atoms with Gasteiger partial charge >= 0.3 is 12.1 Å². The van der Waals surface area contributed by atoms with Gasteiger partial charge in [-0.3, -0.25) is 9.28 Å². The summed E-state index contributed by atoms with van der Waals surface area (Å²) in [4.78, 5) is 23.9. The minimum atomic E-state index is -0.456. The predicted molar refractivity (Wildman–Crippen MR) is 209 cm³/mol. The monoisotopic (exact) mass is 690 g/mol. The standard InChI is InChI=1S/C43H80N2O4/c1-5-7-9-11-13-15-17-19-20-22-24-26-28-30-34-45(33-29-27-25-23-21-18-16-14-12-10-8-6-2)35-31-32-41(39-45)38-44-43(47)49-37-36-48-42(46)40(3)4/h31-32,35,40H,5-30,33-34,36-39H2,1-4H3/p+1. The van der Waals surface area contributed by atoms with Crippen LogP contribution in [0.4, 0.5) is 4.79 Å². The molecular weight excluding hydrogens is 608 g/mol. The summed E-state index contributed by atoms with van der Waals surface area (Å²) in [5.41, 5.74) is 1.25. The molecule has 6 heteroatoms. The topological polar surface area (TPSA) is 64.6 Å². The van der Waals surface area contributed by atoms with Gasteiger partial charge in [-0.15, -0.1) is 0 Å². The Morgan fingerprint density at radius 3 is 1.41 bits per heavy atom. The maximum absolute atomic E-state index is 12.3. The van der Waals surface area contributed by atoms with Gasteiger partial charge in [0, 0.05) is 12.1 Å². The molecule has 1 atom stereocenters. The Morgan fingerprint density at radius 1 is 0.612 bits per heavy atom. The lowest BCUT2D eigenvalue weighted by molar-refractivity contribution is -0.876. The number of hydrogen-bond acceptors (Lipinski definition) is 4. The van der Waals surface area contributed by atoms with Crippen molar-refractivity contribution in [2.24, 2.45) is 5.92 Å². The zero-order valence-corrected chi connectivity index (χ0v) is 33.0. The summed E-state index contributed by atoms with van der Waals surface area (Å²) in [6, 6.07) is 0. The number of nitrogens with zero attached hydrogens (tertiary/aromatic N) is 1. The number of esters is 1. The average Bonchev–Trinajstić information content (AvgIpc) is 3.10. The summed E-state index contributed by atoms with van der Waals surface area (Å²) in [6.07, 6.45) is 42.2. The van der Waals surface area contributed by atoms with Crippen LogP contribution in [0.15, 0.2) is 23.9 Å². The molecule has 0 aromatic carbocycles. The molecule has 0 bridgehead atoms. The Morgan fingerprint density at radius 2 is 1.00 bits per heavy atom. The zero-order valence-electron chi connectivity index (χ0n) is 33.0. The van der Waals surface area contributed by atoms with Gasteiger partial charge in [-0.05, 0) is 31.8 Å². The Balaban J connectivity index is 2.38. The third-order valence-electron chi connectivity index (χ3n) is 10.2. The van der Waals surface area contributed by atoms with Crippen LogP contribution in [0.3, 0.4) is 0 Å². The van der Waals surface area contributed by atoms with Crippen LogP contribution in [-0.4, -0.2) is 55.9 Å². The van der Waals surface area contributed by atoms with E-state index in [0.717, 1.165) is 11.0 Å². The minimum Gasteiger partial charge on any atom is -0.462 e. The zero-order chi connectivity index (χ0) is 35.7. The van der Waals surface area contributed by atoms with E-state index in [1.807, 2.05) is 0 Å². The molecule has 1 amide bonds. The lowest BCUT2D eigenvalue weighted by atomic mass is 10.0. The van der Waals surface area contributed by atoms with E-state index < -0.39 is 6.09 Å². The second-order valence-electron chi connectivity index (χ2n) is 15.3. The molecule has 0 radical (unpaired) electrons. The smallest absolute Gasteiger partial charge is 0.407 e. The highest BCUT2D eigenvalue weighted by Crippen LogP contribution is 2.23. The van der Waals surface area contributed by atoms with Crippen molar-refractivity contribution in [1.29, 1.82) is 0 Å². The molecule has 0 saturated carbocycles. The number of carbonyl (C=O) groups excluding carboxylic acids is 2. The van der Waals surface area contributed by atoms with Crippen molar-refractivity contribution < 1.29 is 23.5 Å². The summed E-state index contributed by atoms with van der Waals surface area (Å²) in [6.45, 7) is 12.1. The molecule has 1 unspecified atom stereocenters. The molecule has 1 heterocycles. The van der Waals surface area contributed by atoms with Crippen molar-refractivity contribution in [3.63, 3.8) is 0 Å². The minimum absolute atomic E-state index is 0.0708. The Kier molecular flexibility index (Phi) is 29.6. The summed E-state index contributed by atoms with van der Waals surface area (Å²) in [7, 11) is 0. The summed E-state index contributed by atoms with van der Waals surface area (Å²) >= 11 is 0. The highest BCUT2D eigenvalue weighted by Gasteiger charge is 2.28. The molecule has 1 N–H and O–H groups in total. The highest BCUT2D eigenvalue weighted by molar-refractivity contribution is 5.71. The Labute approximate surface area is 304 Å². The third-order valence-corrected chi connectivity index (χ3v) is 10.2. The number of unbranched alkanes of at least 4 members (excludes halogenated alkanes) is 24. The Hall–Kier alpha value is -1.82. The van der Waals surface area contributed by atoms with Crippen LogP contribution in [-0.2, 0) is 14.3 Å². The van der Waals surface area contributed by atoms with Gasteiger partial charge in [0.25, 0.3) is 0 Å². The van der Waals surface area contributed by atoms with E-state index in [1.165, 1.54) is 186 Å². The number of hydrogen-bond donors (Lipinski definition) is 1. The fourth-order valence-electron chi connectivity index (χ4n) is 6.97. The van der Waals surface area contributed by atoms with Crippen molar-refractivity contribution in [2.75, 3.05) is 39.4 Å². The number of ether oxygens (including phenoxy) is 2. The number of quaternary nitrogens is 1. The SMILES string of the molecule is CCCCCCCCCCCCCCCC[N+]1(CCCCCCCCCCCCCC)C=CC=C(CNC(=O)OCCOC(=O)C(C)C)C1. The summed E-state index contributed by atoms with van der Waals surface area (Å²) < 4.78 is 11.4. The lowest BCUT2D eigenvalue weighted by Crippen LogP contribution is -2.48. The first-order valence-electron chi connectivity index (χ1n) is 21.2. The molecule has 0 saturated heterocycles. The Bertz CT molecular complexity index is 855. The lowest BCUT2D eigenvalue weighted by Gasteiger charge is -2.38. The highest BCUT2D eigenvalue weighted by atomic mass is 16.6. The molecule has 6 nitrogen and oxygen atoms in total. The molecule has 0 aromatic rings. The van der Waals surface area contributed by atoms with Gasteiger partial charge in [0.1, 0.15) is 19.8 Å². The maximum Gasteiger partial charge on any atom is 0.407 e. The third kappa shape index (κ3) is 26.6. The van der Waals surface area contributed by atoms with Crippen LogP contribution in [0.2, 0.25) is 0 Å². The number of allylic oxidation sites excluding steroid dienone is 2. The first-order valence-corrected chi connectivity index (χ1v) is 21.2. The van der Waals surface area contributed by atoms with Gasteiger partial charge in [-0.25, -0.2) is 4.79 Å². The van der Waals surface area contributed by atoms with Crippen LogP contribution >= 0.6 is 0 Å². The van der Waals surface area contributed by atoms with E-state index in [4.69, 9.17) is 9.47 Å². The largest absolute Gasteiger partial charge is 0.462 e. The number of carbonyl (C=O) groups is 2. The molecule has 286 valence electrons. The molecule has 0 aliphatic carbocycles. The van der Waals surface area contributed by atoms with Gasteiger partial charge < -0.3 is 14.8 Å². The molecular formula is C43H81N2O4+. The maximum atomic E-state index is 12.3. The fraction of sp³-hybridized carbons (Fsp3) is 0.860. The van der Waals surface area contributed by atoms with Gasteiger partial charge in [-0.1, -0.05) is 175 Å². The molecule has 1 rings (SSSR count). The van der Waals surface area contributed by atoms with Gasteiger partial charge in [0.15, 0.2) is 0 Å². The number of alkyl carbamates (subject to hydrolysis) is 1. The first-order chi connectivity index (χ1) is 23.9. The van der Waals surface area contributed by atoms with Gasteiger partial charge in [-0.2, -0.15) is 0 Å². The number of nitrogens with one attached hydrogen (secondary N) is 1. The van der Waals surface area contributed by atoms with E-state index in [2.05, 4.69) is 37.5 Å². The van der Waals surface area contributed by atoms with Gasteiger partial charge in [0.05, 0.1) is 25.2 Å². The van der Waals surface area contributed by atoms with Crippen molar-refractivity contribution in [2.45, 2.75) is 195 Å². The molecule has 0 spiro atoms. The van der Waals surface area contributed by atoms with Crippen molar-refractivity contribution in [1.82, 2.24) is 5.32 Å². The second-order valence-corrected chi connectivity index (χ2v) is 15.3. The molecule has 1 aliphatic heterocycles. The normalized spacial score (nSPS) is 15.8. The molecule has 0 fully saturated rings. The number of rotatable bonds is 34. The quantitative estimate of drug-likeness (QED) is 0.0415. The summed E-state index contributed by atoms with van der Waals surface area (Å²) in [5.74, 6) is -0.456. The average molecular weight is 690 g/mol. The van der Waals surface area contributed by atoms with E-state index in [0.29, 0.717) is 6.54 Å². The van der Waals surface area contributed by atoms with E-state index >= 15 is 0 Å². The molecule has 49 heavy (non-hydrogen) atoms. The second kappa shape index (κ2) is 32.1. The predicted octanol–water partition coefficient (Wildman–Crippen LogP) is 12.4. The van der Waals surface area contributed by atoms with Crippen LogP contribution in [0, 0.1) is 5.92 Å². The van der Waals surface area contributed by atoms with E-state index in [1.54, 1.807) is 13.8 Å². The van der Waals surface area contributed by atoms with E-state index in [-0.39, 0.29) is 25.1 Å². The molecule has 1 aliphatic rings. The van der Waals surface area contributed by atoms with Crippen molar-refractivity contribution in [3.05, 3.63) is 23.9 Å².